The first-order valence-electron chi connectivity index (χ1n) is 8.27. The monoisotopic (exact) mass is 418 g/mol. The second-order valence-electron chi connectivity index (χ2n) is 6.97. The molecule has 0 atom stereocenters. The Labute approximate surface area is 162 Å². The maximum atomic E-state index is 12.3. The maximum Gasteiger partial charge on any atom is 0.407 e. The van der Waals surface area contributed by atoms with Crippen molar-refractivity contribution < 1.29 is 14.3 Å². The molecule has 2 amide bonds. The molecule has 0 heterocycles. The first kappa shape index (κ1) is 20.0. The molecule has 0 bridgehead atoms. The molecule has 0 spiro atoms. The quantitative estimate of drug-likeness (QED) is 0.730. The predicted molar refractivity (Wildman–Crippen MR) is 106 cm³/mol. The third kappa shape index (κ3) is 6.19. The van der Waals surface area contributed by atoms with Crippen molar-refractivity contribution in [2.75, 3.05) is 5.32 Å². The van der Waals surface area contributed by atoms with Crippen molar-refractivity contribution in [2.24, 2.45) is 0 Å². The highest BCUT2D eigenvalue weighted by atomic mass is 79.9. The van der Waals surface area contributed by atoms with E-state index in [1.54, 1.807) is 24.3 Å². The van der Waals surface area contributed by atoms with Crippen LogP contribution in [0.15, 0.2) is 46.9 Å². The van der Waals surface area contributed by atoms with Crippen molar-refractivity contribution in [1.82, 2.24) is 5.32 Å². The van der Waals surface area contributed by atoms with Crippen LogP contribution >= 0.6 is 15.9 Å². The Hall–Kier alpha value is -2.34. The Bertz CT molecular complexity index is 796. The Balaban J connectivity index is 1.92. The standard InChI is InChI=1S/C20H23BrN2O3/c1-13-11-16(9-10-17(13)21)23-18(24)15-7-5-14(6-8-15)12-22-19(25)26-20(2,3)4/h5-11H,12H2,1-4H3,(H,22,25)(H,23,24). The van der Waals surface area contributed by atoms with E-state index in [4.69, 9.17) is 4.74 Å². The summed E-state index contributed by atoms with van der Waals surface area (Å²) >= 11 is 3.44. The van der Waals surface area contributed by atoms with E-state index < -0.39 is 11.7 Å². The molecule has 0 aliphatic carbocycles. The number of halogens is 1. The largest absolute Gasteiger partial charge is 0.444 e. The van der Waals surface area contributed by atoms with Gasteiger partial charge in [-0.2, -0.15) is 0 Å². The van der Waals surface area contributed by atoms with E-state index in [1.807, 2.05) is 45.9 Å². The topological polar surface area (TPSA) is 67.4 Å². The fraction of sp³-hybridized carbons (Fsp3) is 0.300. The molecule has 0 aliphatic rings. The molecule has 26 heavy (non-hydrogen) atoms. The number of alkyl carbamates (subject to hydrolysis) is 1. The molecule has 0 aromatic heterocycles. The minimum atomic E-state index is -0.530. The smallest absolute Gasteiger partial charge is 0.407 e. The van der Waals surface area contributed by atoms with E-state index >= 15 is 0 Å². The van der Waals surface area contributed by atoms with E-state index in [1.165, 1.54) is 0 Å². The number of amides is 2. The number of carbonyl (C=O) groups excluding carboxylic acids is 2. The summed E-state index contributed by atoms with van der Waals surface area (Å²) in [6.07, 6.45) is -0.468. The van der Waals surface area contributed by atoms with Gasteiger partial charge in [0.1, 0.15) is 5.60 Å². The van der Waals surface area contributed by atoms with Crippen LogP contribution in [0.5, 0.6) is 0 Å². The zero-order chi connectivity index (χ0) is 19.3. The van der Waals surface area contributed by atoms with Crippen molar-refractivity contribution in [3.8, 4) is 0 Å². The number of benzene rings is 2. The molecular formula is C20H23BrN2O3. The van der Waals surface area contributed by atoms with Gasteiger partial charge in [0.25, 0.3) is 5.91 Å². The zero-order valence-corrected chi connectivity index (χ0v) is 16.9. The molecular weight excluding hydrogens is 396 g/mol. The second kappa shape index (κ2) is 8.36. The molecule has 0 fully saturated rings. The fourth-order valence-corrected chi connectivity index (χ4v) is 2.43. The van der Waals surface area contributed by atoms with Crippen LogP contribution in [0.25, 0.3) is 0 Å². The van der Waals surface area contributed by atoms with Gasteiger partial charge in [0.05, 0.1) is 0 Å². The van der Waals surface area contributed by atoms with E-state index in [-0.39, 0.29) is 5.91 Å². The molecule has 2 aromatic rings. The van der Waals surface area contributed by atoms with Gasteiger partial charge < -0.3 is 15.4 Å². The minimum absolute atomic E-state index is 0.182. The lowest BCUT2D eigenvalue weighted by Gasteiger charge is -2.19. The molecule has 0 saturated heterocycles. The first-order valence-corrected chi connectivity index (χ1v) is 9.06. The van der Waals surface area contributed by atoms with E-state index in [0.29, 0.717) is 12.1 Å². The van der Waals surface area contributed by atoms with Gasteiger partial charge >= 0.3 is 6.09 Å². The summed E-state index contributed by atoms with van der Waals surface area (Å²) in [6, 6.07) is 12.7. The molecule has 0 saturated carbocycles. The summed E-state index contributed by atoms with van der Waals surface area (Å²) in [5.74, 6) is -0.182. The van der Waals surface area contributed by atoms with Crippen molar-refractivity contribution in [3.05, 3.63) is 63.6 Å². The molecule has 5 nitrogen and oxygen atoms in total. The maximum absolute atomic E-state index is 12.3. The highest BCUT2D eigenvalue weighted by molar-refractivity contribution is 9.10. The highest BCUT2D eigenvalue weighted by Crippen LogP contribution is 2.20. The number of hydrogen-bond acceptors (Lipinski definition) is 3. The lowest BCUT2D eigenvalue weighted by Crippen LogP contribution is -2.32. The Morgan fingerprint density at radius 1 is 1.08 bits per heavy atom. The number of aryl methyl sites for hydroxylation is 1. The molecule has 6 heteroatoms. The van der Waals surface area contributed by atoms with Gasteiger partial charge in [0, 0.05) is 22.3 Å². The third-order valence-corrected chi connectivity index (χ3v) is 4.36. The summed E-state index contributed by atoms with van der Waals surface area (Å²) in [7, 11) is 0. The second-order valence-corrected chi connectivity index (χ2v) is 7.82. The molecule has 0 unspecified atom stereocenters. The number of anilines is 1. The average molecular weight is 419 g/mol. The Morgan fingerprint density at radius 3 is 2.31 bits per heavy atom. The summed E-state index contributed by atoms with van der Waals surface area (Å²) in [5.41, 5.74) is 2.69. The number of ether oxygens (including phenoxy) is 1. The van der Waals surface area contributed by atoms with Gasteiger partial charge in [-0.05, 0) is 69.2 Å². The van der Waals surface area contributed by atoms with Gasteiger partial charge in [-0.15, -0.1) is 0 Å². The molecule has 0 radical (unpaired) electrons. The van der Waals surface area contributed by atoms with Crippen molar-refractivity contribution in [2.45, 2.75) is 39.8 Å². The third-order valence-electron chi connectivity index (χ3n) is 3.47. The normalized spacial score (nSPS) is 11.0. The van der Waals surface area contributed by atoms with Gasteiger partial charge in [-0.3, -0.25) is 4.79 Å². The number of carbonyl (C=O) groups is 2. The Kier molecular flexibility index (Phi) is 6.42. The van der Waals surface area contributed by atoms with E-state index in [9.17, 15) is 9.59 Å². The molecule has 138 valence electrons. The average Bonchev–Trinajstić information content (AvgIpc) is 2.55. The lowest BCUT2D eigenvalue weighted by molar-refractivity contribution is 0.0523. The highest BCUT2D eigenvalue weighted by Gasteiger charge is 2.15. The van der Waals surface area contributed by atoms with Crippen LogP contribution in [0.4, 0.5) is 10.5 Å². The van der Waals surface area contributed by atoms with Gasteiger partial charge in [-0.25, -0.2) is 4.79 Å². The summed E-state index contributed by atoms with van der Waals surface area (Å²) < 4.78 is 6.19. The van der Waals surface area contributed by atoms with Crippen LogP contribution in [0, 0.1) is 6.92 Å². The predicted octanol–water partition coefficient (Wildman–Crippen LogP) is 5.03. The molecule has 0 aliphatic heterocycles. The van der Waals surface area contributed by atoms with Crippen molar-refractivity contribution in [1.29, 1.82) is 0 Å². The van der Waals surface area contributed by atoms with Crippen LogP contribution in [-0.4, -0.2) is 17.6 Å². The van der Waals surface area contributed by atoms with Crippen LogP contribution in [0.2, 0.25) is 0 Å². The molecule has 2 N–H and O–H groups in total. The summed E-state index contributed by atoms with van der Waals surface area (Å²) in [5, 5.41) is 5.56. The Morgan fingerprint density at radius 2 is 1.73 bits per heavy atom. The summed E-state index contributed by atoms with van der Waals surface area (Å²) in [4.78, 5) is 24.0. The van der Waals surface area contributed by atoms with Crippen molar-refractivity contribution >= 4 is 33.6 Å². The SMILES string of the molecule is Cc1cc(NC(=O)c2ccc(CNC(=O)OC(C)(C)C)cc2)ccc1Br. The van der Waals surface area contributed by atoms with Crippen molar-refractivity contribution in [3.63, 3.8) is 0 Å². The van der Waals surface area contributed by atoms with Gasteiger partial charge in [-0.1, -0.05) is 28.1 Å². The van der Waals surface area contributed by atoms with E-state index in [0.717, 1.165) is 21.3 Å². The van der Waals surface area contributed by atoms with Crippen LogP contribution < -0.4 is 10.6 Å². The summed E-state index contributed by atoms with van der Waals surface area (Å²) in [6.45, 7) is 7.74. The molecule has 2 aromatic carbocycles. The van der Waals surface area contributed by atoms with Gasteiger partial charge in [0.2, 0.25) is 0 Å². The molecule has 2 rings (SSSR count). The van der Waals surface area contributed by atoms with Crippen LogP contribution in [0.3, 0.4) is 0 Å². The number of hydrogen-bond donors (Lipinski definition) is 2. The number of rotatable bonds is 4. The van der Waals surface area contributed by atoms with E-state index in [2.05, 4.69) is 26.6 Å². The van der Waals surface area contributed by atoms with Crippen LogP contribution in [-0.2, 0) is 11.3 Å². The minimum Gasteiger partial charge on any atom is -0.444 e. The zero-order valence-electron chi connectivity index (χ0n) is 15.4. The van der Waals surface area contributed by atoms with Crippen LogP contribution in [0.1, 0.15) is 42.3 Å². The fourth-order valence-electron chi connectivity index (χ4n) is 2.19. The first-order chi connectivity index (χ1) is 12.1. The lowest BCUT2D eigenvalue weighted by atomic mass is 10.1. The number of nitrogens with one attached hydrogen (secondary N) is 2. The van der Waals surface area contributed by atoms with Gasteiger partial charge in [0.15, 0.2) is 0 Å².